The quantitative estimate of drug-likeness (QED) is 0.376. The zero-order chi connectivity index (χ0) is 21.5. The van der Waals surface area contributed by atoms with Crippen LogP contribution < -0.4 is 0 Å². The minimum atomic E-state index is -0.400. The summed E-state index contributed by atoms with van der Waals surface area (Å²) >= 11 is 6.64. The van der Waals surface area contributed by atoms with Crippen LogP contribution in [0.5, 0.6) is 0 Å². The van der Waals surface area contributed by atoms with Crippen LogP contribution in [0.1, 0.15) is 54.4 Å². The lowest BCUT2D eigenvalue weighted by Crippen LogP contribution is -2.33. The number of amides is 2. The first-order valence-electron chi connectivity index (χ1n) is 10.2. The number of carbonyl (C=O) groups excluding carboxylic acids is 3. The van der Waals surface area contributed by atoms with Gasteiger partial charge >= 0.3 is 5.97 Å². The van der Waals surface area contributed by atoms with Crippen LogP contribution in [0.25, 0.3) is 6.08 Å². The van der Waals surface area contributed by atoms with Gasteiger partial charge < -0.3 is 9.64 Å². The average Bonchev–Trinajstić information content (AvgIpc) is 2.95. The molecule has 0 aliphatic carbocycles. The van der Waals surface area contributed by atoms with E-state index in [2.05, 4.69) is 0 Å². The Balaban J connectivity index is 1.54. The summed E-state index contributed by atoms with van der Waals surface area (Å²) in [6, 6.07) is 6.84. The van der Waals surface area contributed by atoms with Crippen molar-refractivity contribution < 1.29 is 19.1 Å². The minimum absolute atomic E-state index is 0.135. The number of nitrogens with zero attached hydrogens (tertiary/aromatic N) is 2. The molecule has 0 atom stereocenters. The monoisotopic (exact) mass is 446 g/mol. The molecule has 0 spiro atoms. The van der Waals surface area contributed by atoms with Crippen LogP contribution in [0, 0.1) is 0 Å². The normalized spacial score (nSPS) is 18.6. The van der Waals surface area contributed by atoms with Gasteiger partial charge in [-0.25, -0.2) is 4.79 Å². The lowest BCUT2D eigenvalue weighted by molar-refractivity contribution is -0.131. The Morgan fingerprint density at radius 3 is 2.43 bits per heavy atom. The number of ether oxygens (including phenoxy) is 1. The van der Waals surface area contributed by atoms with Crippen molar-refractivity contribution in [3.8, 4) is 0 Å². The van der Waals surface area contributed by atoms with E-state index in [0.29, 0.717) is 34.2 Å². The van der Waals surface area contributed by atoms with Gasteiger partial charge in [-0.3, -0.25) is 14.5 Å². The summed E-state index contributed by atoms with van der Waals surface area (Å²) < 4.78 is 5.20. The number of hydrogen-bond acceptors (Lipinski definition) is 6. The summed E-state index contributed by atoms with van der Waals surface area (Å²) in [5.74, 6) is -0.365. The third-order valence-electron chi connectivity index (χ3n) is 5.23. The van der Waals surface area contributed by atoms with Crippen molar-refractivity contribution in [2.24, 2.45) is 0 Å². The standard InChI is InChI=1S/C22H26N2O4S2/c1-28-21(27)17-10-8-16(9-11-17)15-18-20(26)24(22(29)30-18)14-6-7-19(25)23-12-4-2-3-5-13-23/h8-11,15H,2-7,12-14H2,1H3. The van der Waals surface area contributed by atoms with Gasteiger partial charge in [0.25, 0.3) is 5.91 Å². The molecule has 1 aromatic carbocycles. The molecule has 8 heteroatoms. The van der Waals surface area contributed by atoms with Crippen molar-refractivity contribution in [3.05, 3.63) is 40.3 Å². The maximum atomic E-state index is 12.7. The highest BCUT2D eigenvalue weighted by molar-refractivity contribution is 8.26. The van der Waals surface area contributed by atoms with E-state index in [9.17, 15) is 14.4 Å². The SMILES string of the molecule is COC(=O)c1ccc(C=C2SC(=S)N(CCCC(=O)N3CCCCCC3)C2=O)cc1. The fourth-order valence-electron chi connectivity index (χ4n) is 3.54. The molecule has 1 aromatic rings. The number of thiocarbonyl (C=S) groups is 1. The van der Waals surface area contributed by atoms with Gasteiger partial charge in [-0.05, 0) is 43.0 Å². The molecule has 0 radical (unpaired) electrons. The number of rotatable bonds is 6. The second kappa shape index (κ2) is 10.7. The highest BCUT2D eigenvalue weighted by atomic mass is 32.2. The van der Waals surface area contributed by atoms with E-state index < -0.39 is 5.97 Å². The molecule has 0 aromatic heterocycles. The molecular weight excluding hydrogens is 420 g/mol. The first kappa shape index (κ1) is 22.5. The molecule has 6 nitrogen and oxygen atoms in total. The largest absolute Gasteiger partial charge is 0.465 e. The molecule has 30 heavy (non-hydrogen) atoms. The fraction of sp³-hybridized carbons (Fsp3) is 0.455. The predicted octanol–water partition coefficient (Wildman–Crippen LogP) is 3.86. The van der Waals surface area contributed by atoms with E-state index in [-0.39, 0.29) is 11.8 Å². The number of carbonyl (C=O) groups is 3. The topological polar surface area (TPSA) is 66.9 Å². The number of benzene rings is 1. The fourth-order valence-corrected chi connectivity index (χ4v) is 4.85. The summed E-state index contributed by atoms with van der Waals surface area (Å²) in [6.07, 6.45) is 7.34. The second-order valence-corrected chi connectivity index (χ2v) is 9.02. The molecule has 2 saturated heterocycles. The molecule has 0 unspecified atom stereocenters. The van der Waals surface area contributed by atoms with E-state index >= 15 is 0 Å². The van der Waals surface area contributed by atoms with Gasteiger partial charge in [-0.15, -0.1) is 0 Å². The Morgan fingerprint density at radius 1 is 1.13 bits per heavy atom. The first-order chi connectivity index (χ1) is 14.5. The number of methoxy groups -OCH3 is 1. The van der Waals surface area contributed by atoms with E-state index in [1.165, 1.54) is 31.7 Å². The van der Waals surface area contributed by atoms with E-state index in [4.69, 9.17) is 17.0 Å². The molecular formula is C22H26N2O4S2. The van der Waals surface area contributed by atoms with Gasteiger partial charge in [0.15, 0.2) is 0 Å². The van der Waals surface area contributed by atoms with Gasteiger partial charge in [0.05, 0.1) is 17.6 Å². The highest BCUT2D eigenvalue weighted by Gasteiger charge is 2.31. The van der Waals surface area contributed by atoms with Crippen molar-refractivity contribution in [2.75, 3.05) is 26.7 Å². The molecule has 2 aliphatic heterocycles. The smallest absolute Gasteiger partial charge is 0.337 e. The number of esters is 1. The van der Waals surface area contributed by atoms with Gasteiger partial charge in [-0.1, -0.05) is 49.0 Å². The molecule has 2 amide bonds. The molecule has 3 rings (SSSR count). The van der Waals surface area contributed by atoms with E-state index in [1.807, 2.05) is 4.90 Å². The Hall–Kier alpha value is -2.19. The molecule has 0 N–H and O–H groups in total. The summed E-state index contributed by atoms with van der Waals surface area (Å²) in [4.78, 5) is 40.8. The van der Waals surface area contributed by atoms with Crippen LogP contribution in [0.4, 0.5) is 0 Å². The van der Waals surface area contributed by atoms with Crippen LogP contribution in [0.2, 0.25) is 0 Å². The number of likely N-dealkylation sites (tertiary alicyclic amines) is 1. The lowest BCUT2D eigenvalue weighted by Gasteiger charge is -2.21. The van der Waals surface area contributed by atoms with Gasteiger partial charge in [-0.2, -0.15) is 0 Å². The zero-order valence-corrected chi connectivity index (χ0v) is 18.7. The third-order valence-corrected chi connectivity index (χ3v) is 6.61. The van der Waals surface area contributed by atoms with Crippen molar-refractivity contribution >= 4 is 52.2 Å². The minimum Gasteiger partial charge on any atom is -0.465 e. The zero-order valence-electron chi connectivity index (χ0n) is 17.1. The summed E-state index contributed by atoms with van der Waals surface area (Å²) in [7, 11) is 1.34. The van der Waals surface area contributed by atoms with Crippen LogP contribution in [0.15, 0.2) is 29.2 Å². The van der Waals surface area contributed by atoms with Gasteiger partial charge in [0.2, 0.25) is 5.91 Å². The summed E-state index contributed by atoms with van der Waals surface area (Å²) in [6.45, 7) is 2.14. The van der Waals surface area contributed by atoms with Crippen LogP contribution in [-0.4, -0.2) is 58.6 Å². The van der Waals surface area contributed by atoms with Gasteiger partial charge in [0, 0.05) is 26.1 Å². The summed E-state index contributed by atoms with van der Waals surface area (Å²) in [5.41, 5.74) is 1.26. The molecule has 0 bridgehead atoms. The van der Waals surface area contributed by atoms with Crippen LogP contribution in [0.3, 0.4) is 0 Å². The Kier molecular flexibility index (Phi) is 8.04. The van der Waals surface area contributed by atoms with Crippen molar-refractivity contribution in [1.82, 2.24) is 9.80 Å². The van der Waals surface area contributed by atoms with Crippen molar-refractivity contribution in [3.63, 3.8) is 0 Å². The van der Waals surface area contributed by atoms with Gasteiger partial charge in [0.1, 0.15) is 4.32 Å². The maximum Gasteiger partial charge on any atom is 0.337 e. The Labute approximate surface area is 186 Å². The summed E-state index contributed by atoms with van der Waals surface area (Å²) in [5, 5.41) is 0. The van der Waals surface area contributed by atoms with E-state index in [1.54, 1.807) is 35.2 Å². The molecule has 160 valence electrons. The van der Waals surface area contributed by atoms with Crippen LogP contribution >= 0.6 is 24.0 Å². The highest BCUT2D eigenvalue weighted by Crippen LogP contribution is 2.32. The second-order valence-electron chi connectivity index (χ2n) is 7.35. The van der Waals surface area contributed by atoms with E-state index in [0.717, 1.165) is 31.5 Å². The third kappa shape index (κ3) is 5.70. The Morgan fingerprint density at radius 2 is 1.80 bits per heavy atom. The molecule has 0 saturated carbocycles. The lowest BCUT2D eigenvalue weighted by atomic mass is 10.1. The van der Waals surface area contributed by atoms with Crippen molar-refractivity contribution in [1.29, 1.82) is 0 Å². The van der Waals surface area contributed by atoms with Crippen molar-refractivity contribution in [2.45, 2.75) is 38.5 Å². The maximum absolute atomic E-state index is 12.7. The first-order valence-corrected chi connectivity index (χ1v) is 11.4. The number of hydrogen-bond donors (Lipinski definition) is 0. The molecule has 2 heterocycles. The molecule has 2 fully saturated rings. The average molecular weight is 447 g/mol. The van der Waals surface area contributed by atoms with Crippen LogP contribution in [-0.2, 0) is 14.3 Å². The number of thioether (sulfide) groups is 1. The molecule has 2 aliphatic rings. The Bertz CT molecular complexity index is 843. The predicted molar refractivity (Wildman–Crippen MR) is 122 cm³/mol.